The van der Waals surface area contributed by atoms with Gasteiger partial charge in [0.15, 0.2) is 0 Å². The molecule has 1 aromatic rings. The lowest BCUT2D eigenvalue weighted by molar-refractivity contribution is -0.142. The second kappa shape index (κ2) is 6.20. The van der Waals surface area contributed by atoms with Gasteiger partial charge >= 0.3 is 0 Å². The highest BCUT2D eigenvalue weighted by molar-refractivity contribution is 5.80. The quantitative estimate of drug-likeness (QED) is 0.788. The van der Waals surface area contributed by atoms with Gasteiger partial charge in [-0.15, -0.1) is 0 Å². The van der Waals surface area contributed by atoms with Gasteiger partial charge in [-0.05, 0) is 43.7 Å². The molecule has 3 nitrogen and oxygen atoms in total. The minimum absolute atomic E-state index is 0.0592. The van der Waals surface area contributed by atoms with E-state index in [0.29, 0.717) is 12.5 Å². The Morgan fingerprint density at radius 1 is 1.42 bits per heavy atom. The molecule has 0 saturated heterocycles. The standard InChI is InChI=1S/C16H23NO2/c1-12-6-4-5-7-15(12)10-17(3)16(18)13(2)19-11-14-8-9-14/h4-7,13-14H,8-11H2,1-3H3. The molecule has 1 fully saturated rings. The van der Waals surface area contributed by atoms with Crippen molar-refractivity contribution in [3.8, 4) is 0 Å². The summed E-state index contributed by atoms with van der Waals surface area (Å²) in [5, 5.41) is 0. The van der Waals surface area contributed by atoms with Gasteiger partial charge in [-0.3, -0.25) is 4.79 Å². The number of aryl methyl sites for hydroxylation is 1. The Hall–Kier alpha value is -1.35. The van der Waals surface area contributed by atoms with Crippen LogP contribution in [0.1, 0.15) is 30.9 Å². The van der Waals surface area contributed by atoms with Crippen LogP contribution in [0.4, 0.5) is 0 Å². The number of amides is 1. The molecule has 0 aliphatic heterocycles. The molecule has 1 saturated carbocycles. The predicted molar refractivity (Wildman–Crippen MR) is 75.8 cm³/mol. The molecule has 1 atom stereocenters. The normalized spacial score (nSPS) is 16.2. The SMILES string of the molecule is Cc1ccccc1CN(C)C(=O)C(C)OCC1CC1. The van der Waals surface area contributed by atoms with Crippen molar-refractivity contribution in [3.05, 3.63) is 35.4 Å². The summed E-state index contributed by atoms with van der Waals surface area (Å²) in [7, 11) is 1.84. The highest BCUT2D eigenvalue weighted by Crippen LogP contribution is 2.29. The van der Waals surface area contributed by atoms with E-state index >= 15 is 0 Å². The molecule has 1 amide bonds. The number of hydrogen-bond donors (Lipinski definition) is 0. The lowest BCUT2D eigenvalue weighted by Gasteiger charge is -2.22. The van der Waals surface area contributed by atoms with Gasteiger partial charge in [-0.2, -0.15) is 0 Å². The Morgan fingerprint density at radius 3 is 2.74 bits per heavy atom. The first kappa shape index (κ1) is 14.1. The van der Waals surface area contributed by atoms with Crippen molar-refractivity contribution in [3.63, 3.8) is 0 Å². The highest BCUT2D eigenvalue weighted by Gasteiger charge is 2.25. The molecular formula is C16H23NO2. The Balaban J connectivity index is 1.85. The molecule has 19 heavy (non-hydrogen) atoms. The highest BCUT2D eigenvalue weighted by atomic mass is 16.5. The number of nitrogens with zero attached hydrogens (tertiary/aromatic N) is 1. The van der Waals surface area contributed by atoms with Crippen LogP contribution in [0, 0.1) is 12.8 Å². The van der Waals surface area contributed by atoms with Gasteiger partial charge in [-0.25, -0.2) is 0 Å². The molecule has 0 bridgehead atoms. The van der Waals surface area contributed by atoms with E-state index in [1.165, 1.54) is 24.0 Å². The van der Waals surface area contributed by atoms with E-state index in [-0.39, 0.29) is 12.0 Å². The second-order valence-corrected chi connectivity index (χ2v) is 5.54. The average molecular weight is 261 g/mol. The smallest absolute Gasteiger partial charge is 0.251 e. The molecule has 104 valence electrons. The molecule has 0 N–H and O–H groups in total. The number of rotatable bonds is 6. The van der Waals surface area contributed by atoms with Crippen molar-refractivity contribution < 1.29 is 9.53 Å². The number of hydrogen-bond acceptors (Lipinski definition) is 2. The van der Waals surface area contributed by atoms with E-state index in [4.69, 9.17) is 4.74 Å². The Kier molecular flexibility index (Phi) is 4.59. The monoisotopic (exact) mass is 261 g/mol. The predicted octanol–water partition coefficient (Wildman–Crippen LogP) is 2.77. The van der Waals surface area contributed by atoms with Gasteiger partial charge in [0.25, 0.3) is 5.91 Å². The van der Waals surface area contributed by atoms with Crippen LogP contribution in [0.25, 0.3) is 0 Å². The number of benzene rings is 1. The molecule has 0 aromatic heterocycles. The first-order chi connectivity index (χ1) is 9.08. The lowest BCUT2D eigenvalue weighted by atomic mass is 10.1. The maximum atomic E-state index is 12.2. The van der Waals surface area contributed by atoms with Gasteiger partial charge < -0.3 is 9.64 Å². The fourth-order valence-electron chi connectivity index (χ4n) is 2.07. The van der Waals surface area contributed by atoms with Crippen LogP contribution in [0.3, 0.4) is 0 Å². The van der Waals surface area contributed by atoms with Crippen molar-refractivity contribution in [2.45, 2.75) is 39.3 Å². The molecule has 0 heterocycles. The largest absolute Gasteiger partial charge is 0.368 e. The summed E-state index contributed by atoms with van der Waals surface area (Å²) in [6.45, 7) is 5.29. The summed E-state index contributed by atoms with van der Waals surface area (Å²) >= 11 is 0. The molecule has 1 unspecified atom stereocenters. The zero-order valence-electron chi connectivity index (χ0n) is 12.1. The van der Waals surface area contributed by atoms with E-state index in [2.05, 4.69) is 19.1 Å². The van der Waals surface area contributed by atoms with Crippen molar-refractivity contribution in [2.24, 2.45) is 5.92 Å². The summed E-state index contributed by atoms with van der Waals surface area (Å²) in [5.74, 6) is 0.751. The molecule has 3 heteroatoms. The average Bonchev–Trinajstić information content (AvgIpc) is 3.21. The van der Waals surface area contributed by atoms with Crippen molar-refractivity contribution in [1.82, 2.24) is 4.90 Å². The molecule has 1 aliphatic rings. The minimum Gasteiger partial charge on any atom is -0.368 e. The Labute approximate surface area is 115 Å². The number of likely N-dealkylation sites (N-methyl/N-ethyl adjacent to an activating group) is 1. The maximum absolute atomic E-state index is 12.2. The Bertz CT molecular complexity index is 440. The van der Waals surface area contributed by atoms with Crippen LogP contribution in [-0.2, 0) is 16.1 Å². The van der Waals surface area contributed by atoms with E-state index < -0.39 is 0 Å². The van der Waals surface area contributed by atoms with Gasteiger partial charge in [0, 0.05) is 13.6 Å². The van der Waals surface area contributed by atoms with Crippen molar-refractivity contribution in [2.75, 3.05) is 13.7 Å². The summed E-state index contributed by atoms with van der Waals surface area (Å²) in [6, 6.07) is 8.16. The molecule has 0 radical (unpaired) electrons. The molecular weight excluding hydrogens is 238 g/mol. The minimum atomic E-state index is -0.338. The van der Waals surface area contributed by atoms with Gasteiger partial charge in [-0.1, -0.05) is 24.3 Å². The van der Waals surface area contributed by atoms with E-state index in [1.807, 2.05) is 26.1 Å². The first-order valence-electron chi connectivity index (χ1n) is 6.99. The number of carbonyl (C=O) groups is 1. The topological polar surface area (TPSA) is 29.5 Å². The third kappa shape index (κ3) is 4.06. The van der Waals surface area contributed by atoms with E-state index in [9.17, 15) is 4.79 Å². The third-order valence-corrected chi connectivity index (χ3v) is 3.67. The molecule has 2 rings (SSSR count). The lowest BCUT2D eigenvalue weighted by Crippen LogP contribution is -2.36. The Morgan fingerprint density at radius 2 is 2.11 bits per heavy atom. The van der Waals surface area contributed by atoms with E-state index in [1.54, 1.807) is 4.90 Å². The zero-order valence-corrected chi connectivity index (χ0v) is 12.1. The maximum Gasteiger partial charge on any atom is 0.251 e. The molecule has 1 aromatic carbocycles. The summed E-state index contributed by atoms with van der Waals surface area (Å²) < 4.78 is 5.63. The fraction of sp³-hybridized carbons (Fsp3) is 0.562. The fourth-order valence-corrected chi connectivity index (χ4v) is 2.07. The van der Waals surface area contributed by atoms with Crippen LogP contribution in [0.5, 0.6) is 0 Å². The van der Waals surface area contributed by atoms with Crippen molar-refractivity contribution in [1.29, 1.82) is 0 Å². The number of ether oxygens (including phenoxy) is 1. The van der Waals surface area contributed by atoms with Crippen LogP contribution in [0.2, 0.25) is 0 Å². The van der Waals surface area contributed by atoms with Gasteiger partial charge in [0.2, 0.25) is 0 Å². The molecule has 1 aliphatic carbocycles. The van der Waals surface area contributed by atoms with Gasteiger partial charge in [0.05, 0.1) is 6.61 Å². The number of carbonyl (C=O) groups excluding carboxylic acids is 1. The molecule has 0 spiro atoms. The zero-order chi connectivity index (χ0) is 13.8. The summed E-state index contributed by atoms with van der Waals surface area (Å²) in [5.41, 5.74) is 2.40. The third-order valence-electron chi connectivity index (χ3n) is 3.67. The van der Waals surface area contributed by atoms with Gasteiger partial charge in [0.1, 0.15) is 6.10 Å². The summed E-state index contributed by atoms with van der Waals surface area (Å²) in [4.78, 5) is 13.9. The summed E-state index contributed by atoms with van der Waals surface area (Å²) in [6.07, 6.45) is 2.16. The van der Waals surface area contributed by atoms with Crippen LogP contribution < -0.4 is 0 Å². The second-order valence-electron chi connectivity index (χ2n) is 5.54. The van der Waals surface area contributed by atoms with Crippen LogP contribution >= 0.6 is 0 Å². The van der Waals surface area contributed by atoms with Crippen LogP contribution in [-0.4, -0.2) is 30.6 Å². The first-order valence-corrected chi connectivity index (χ1v) is 6.99. The van der Waals surface area contributed by atoms with E-state index in [0.717, 1.165) is 6.61 Å². The van der Waals surface area contributed by atoms with Crippen molar-refractivity contribution >= 4 is 5.91 Å². The van der Waals surface area contributed by atoms with Crippen LogP contribution in [0.15, 0.2) is 24.3 Å².